The van der Waals surface area contributed by atoms with Crippen LogP contribution in [0.5, 0.6) is 5.75 Å². The Morgan fingerprint density at radius 2 is 1.81 bits per heavy atom. The van der Waals surface area contributed by atoms with Crippen LogP contribution in [-0.4, -0.2) is 34.0 Å². The summed E-state index contributed by atoms with van der Waals surface area (Å²) in [4.78, 5) is 12.3. The van der Waals surface area contributed by atoms with E-state index in [1.165, 1.54) is 25.3 Å². The number of methoxy groups -OCH3 is 1. The first-order valence-electron chi connectivity index (χ1n) is 8.46. The molecule has 0 bridgehead atoms. The lowest BCUT2D eigenvalue weighted by Gasteiger charge is -2.13. The normalized spacial score (nSPS) is 11.4. The van der Waals surface area contributed by atoms with E-state index in [2.05, 4.69) is 10.0 Å². The summed E-state index contributed by atoms with van der Waals surface area (Å²) in [5.41, 5.74) is 1.14. The van der Waals surface area contributed by atoms with Gasteiger partial charge in [-0.05, 0) is 56.2 Å². The molecule has 0 aliphatic carbocycles. The quantitative estimate of drug-likeness (QED) is 0.700. The minimum Gasteiger partial charge on any atom is -0.496 e. The Hall–Kier alpha value is -2.09. The molecule has 0 aliphatic heterocycles. The number of halogens is 1. The predicted molar refractivity (Wildman–Crippen MR) is 106 cm³/mol. The minimum atomic E-state index is -3.76. The van der Waals surface area contributed by atoms with Crippen LogP contribution < -0.4 is 14.8 Å². The number of carbonyl (C=O) groups excluding carboxylic acids is 1. The van der Waals surface area contributed by atoms with Crippen LogP contribution in [0.1, 0.15) is 29.8 Å². The molecule has 0 aliphatic rings. The summed E-state index contributed by atoms with van der Waals surface area (Å²) in [5.74, 6) is -0.0756. The predicted octanol–water partition coefficient (Wildman–Crippen LogP) is 3.01. The number of amides is 1. The summed E-state index contributed by atoms with van der Waals surface area (Å²) in [7, 11) is -2.33. The van der Waals surface area contributed by atoms with E-state index in [1.807, 2.05) is 26.0 Å². The van der Waals surface area contributed by atoms with E-state index in [0.717, 1.165) is 5.56 Å². The van der Waals surface area contributed by atoms with E-state index in [0.29, 0.717) is 17.2 Å². The zero-order valence-corrected chi connectivity index (χ0v) is 17.0. The van der Waals surface area contributed by atoms with Gasteiger partial charge in [0.05, 0.1) is 17.6 Å². The van der Waals surface area contributed by atoms with Crippen molar-refractivity contribution < 1.29 is 17.9 Å². The SMILES string of the molecule is COc1ccc(S(=O)(=O)NCCc2ccc(Cl)cc2)cc1C(=O)NC(C)C. The maximum Gasteiger partial charge on any atom is 0.255 e. The first-order valence-corrected chi connectivity index (χ1v) is 10.3. The van der Waals surface area contributed by atoms with Crippen molar-refractivity contribution in [2.24, 2.45) is 0 Å². The molecule has 0 radical (unpaired) electrons. The molecule has 2 aromatic rings. The van der Waals surface area contributed by atoms with Crippen LogP contribution >= 0.6 is 11.6 Å². The van der Waals surface area contributed by atoms with Crippen molar-refractivity contribution in [3.05, 3.63) is 58.6 Å². The van der Waals surface area contributed by atoms with Gasteiger partial charge in [0, 0.05) is 17.6 Å². The van der Waals surface area contributed by atoms with Gasteiger partial charge in [-0.2, -0.15) is 0 Å². The highest BCUT2D eigenvalue weighted by Gasteiger charge is 2.20. The molecular weight excluding hydrogens is 388 g/mol. The number of benzene rings is 2. The lowest BCUT2D eigenvalue weighted by Crippen LogP contribution is -2.31. The number of sulfonamides is 1. The highest BCUT2D eigenvalue weighted by atomic mass is 35.5. The van der Waals surface area contributed by atoms with Gasteiger partial charge in [0.1, 0.15) is 5.75 Å². The van der Waals surface area contributed by atoms with Crippen LogP contribution in [0.4, 0.5) is 0 Å². The number of hydrogen-bond acceptors (Lipinski definition) is 4. The molecule has 0 aromatic heterocycles. The summed E-state index contributed by atoms with van der Waals surface area (Å²) in [5, 5.41) is 3.37. The summed E-state index contributed by atoms with van der Waals surface area (Å²) in [6.07, 6.45) is 0.521. The molecule has 0 saturated heterocycles. The molecule has 146 valence electrons. The zero-order chi connectivity index (χ0) is 20.0. The fourth-order valence-electron chi connectivity index (χ4n) is 2.44. The number of rotatable bonds is 8. The molecule has 0 fully saturated rings. The highest BCUT2D eigenvalue weighted by molar-refractivity contribution is 7.89. The number of nitrogens with one attached hydrogen (secondary N) is 2. The topological polar surface area (TPSA) is 84.5 Å². The van der Waals surface area contributed by atoms with Crippen molar-refractivity contribution in [1.82, 2.24) is 10.0 Å². The van der Waals surface area contributed by atoms with E-state index in [4.69, 9.17) is 16.3 Å². The van der Waals surface area contributed by atoms with E-state index < -0.39 is 10.0 Å². The molecule has 27 heavy (non-hydrogen) atoms. The first-order chi connectivity index (χ1) is 12.7. The standard InChI is InChI=1S/C19H23ClN2O4S/c1-13(2)22-19(23)17-12-16(8-9-18(17)26-3)27(24,25)21-11-10-14-4-6-15(20)7-5-14/h4-9,12-13,21H,10-11H2,1-3H3,(H,22,23). The van der Waals surface area contributed by atoms with Gasteiger partial charge < -0.3 is 10.1 Å². The van der Waals surface area contributed by atoms with E-state index in [-0.39, 0.29) is 29.0 Å². The Kier molecular flexibility index (Phi) is 7.24. The summed E-state index contributed by atoms with van der Waals surface area (Å²) in [6.45, 7) is 3.87. The van der Waals surface area contributed by atoms with Crippen molar-refractivity contribution in [3.63, 3.8) is 0 Å². The van der Waals surface area contributed by atoms with E-state index >= 15 is 0 Å². The largest absolute Gasteiger partial charge is 0.496 e. The second kappa shape index (κ2) is 9.21. The van der Waals surface area contributed by atoms with Gasteiger partial charge in [0.2, 0.25) is 10.0 Å². The van der Waals surface area contributed by atoms with Crippen molar-refractivity contribution in [2.45, 2.75) is 31.2 Å². The van der Waals surface area contributed by atoms with Gasteiger partial charge >= 0.3 is 0 Å². The van der Waals surface area contributed by atoms with Crippen LogP contribution in [0.3, 0.4) is 0 Å². The average molecular weight is 411 g/mol. The number of carbonyl (C=O) groups is 1. The van der Waals surface area contributed by atoms with Gasteiger partial charge in [-0.3, -0.25) is 4.79 Å². The Bertz CT molecular complexity index is 896. The fraction of sp³-hybridized carbons (Fsp3) is 0.316. The summed E-state index contributed by atoms with van der Waals surface area (Å²) >= 11 is 5.84. The van der Waals surface area contributed by atoms with Gasteiger partial charge in [0.15, 0.2) is 0 Å². The smallest absolute Gasteiger partial charge is 0.255 e. The van der Waals surface area contributed by atoms with Gasteiger partial charge in [0.25, 0.3) is 5.91 Å². The molecule has 0 spiro atoms. The summed E-state index contributed by atoms with van der Waals surface area (Å²) in [6, 6.07) is 11.3. The zero-order valence-electron chi connectivity index (χ0n) is 15.5. The maximum atomic E-state index is 12.6. The number of hydrogen-bond donors (Lipinski definition) is 2. The van der Waals surface area contributed by atoms with Gasteiger partial charge in [-0.25, -0.2) is 13.1 Å². The molecule has 6 nitrogen and oxygen atoms in total. The molecule has 0 atom stereocenters. The molecular formula is C19H23ClN2O4S. The van der Waals surface area contributed by atoms with Crippen LogP contribution in [0.2, 0.25) is 5.02 Å². The van der Waals surface area contributed by atoms with Crippen molar-refractivity contribution in [3.8, 4) is 5.75 Å². The Labute approximate surface area is 164 Å². The third-order valence-electron chi connectivity index (χ3n) is 3.76. The van der Waals surface area contributed by atoms with Crippen molar-refractivity contribution in [1.29, 1.82) is 0 Å². The van der Waals surface area contributed by atoms with Crippen molar-refractivity contribution >= 4 is 27.5 Å². The Morgan fingerprint density at radius 3 is 2.41 bits per heavy atom. The fourth-order valence-corrected chi connectivity index (χ4v) is 3.62. The molecule has 1 amide bonds. The monoisotopic (exact) mass is 410 g/mol. The van der Waals surface area contributed by atoms with Crippen LogP contribution in [-0.2, 0) is 16.4 Å². The van der Waals surface area contributed by atoms with Crippen LogP contribution in [0.25, 0.3) is 0 Å². The molecule has 0 heterocycles. The second-order valence-corrected chi connectivity index (χ2v) is 8.47. The minimum absolute atomic E-state index is 0.00770. The molecule has 0 unspecified atom stereocenters. The van der Waals surface area contributed by atoms with Gasteiger partial charge in [-0.15, -0.1) is 0 Å². The second-order valence-electron chi connectivity index (χ2n) is 6.26. The lowest BCUT2D eigenvalue weighted by atomic mass is 10.2. The van der Waals surface area contributed by atoms with E-state index in [9.17, 15) is 13.2 Å². The Morgan fingerprint density at radius 1 is 1.15 bits per heavy atom. The highest BCUT2D eigenvalue weighted by Crippen LogP contribution is 2.22. The van der Waals surface area contributed by atoms with Crippen LogP contribution in [0, 0.1) is 0 Å². The van der Waals surface area contributed by atoms with Crippen LogP contribution in [0.15, 0.2) is 47.4 Å². The molecule has 2 aromatic carbocycles. The average Bonchev–Trinajstić information content (AvgIpc) is 2.62. The first kappa shape index (κ1) is 21.2. The summed E-state index contributed by atoms with van der Waals surface area (Å²) < 4.78 is 32.9. The Balaban J connectivity index is 2.14. The molecule has 2 N–H and O–H groups in total. The van der Waals surface area contributed by atoms with Gasteiger partial charge in [-0.1, -0.05) is 23.7 Å². The van der Waals surface area contributed by atoms with E-state index in [1.54, 1.807) is 12.1 Å². The lowest BCUT2D eigenvalue weighted by molar-refractivity contribution is 0.0940. The molecule has 0 saturated carbocycles. The molecule has 2 rings (SSSR count). The van der Waals surface area contributed by atoms with Crippen molar-refractivity contribution in [2.75, 3.05) is 13.7 Å². The number of ether oxygens (including phenoxy) is 1. The third-order valence-corrected chi connectivity index (χ3v) is 5.48. The maximum absolute atomic E-state index is 12.6. The molecule has 8 heteroatoms. The third kappa shape index (κ3) is 5.95.